The van der Waals surface area contributed by atoms with E-state index in [-0.39, 0.29) is 23.4 Å². The number of hydrogen-bond donors (Lipinski definition) is 1. The van der Waals surface area contributed by atoms with Gasteiger partial charge < -0.3 is 24.4 Å². The summed E-state index contributed by atoms with van der Waals surface area (Å²) in [4.78, 5) is 39.9. The normalized spacial score (nSPS) is 17.5. The predicted molar refractivity (Wildman–Crippen MR) is 120 cm³/mol. The quantitative estimate of drug-likeness (QED) is 0.212. The minimum absolute atomic E-state index is 0.0571. The molecule has 0 saturated carbocycles. The van der Waals surface area contributed by atoms with Crippen LogP contribution in [0.5, 0.6) is 11.5 Å². The molecule has 33 heavy (non-hydrogen) atoms. The van der Waals surface area contributed by atoms with Gasteiger partial charge in [0.2, 0.25) is 0 Å². The Hall–Kier alpha value is -3.92. The molecule has 0 spiro atoms. The van der Waals surface area contributed by atoms with E-state index >= 15 is 0 Å². The zero-order chi connectivity index (χ0) is 24.3. The molecular weight excluding hydrogens is 430 g/mol. The number of amides is 1. The molecule has 1 fully saturated rings. The number of aliphatic hydroxyl groups is 1. The first kappa shape index (κ1) is 23.7. The molecule has 1 N–H and O–H groups in total. The number of nitrogens with zero attached hydrogens (tertiary/aromatic N) is 3. The summed E-state index contributed by atoms with van der Waals surface area (Å²) in [5.74, 6) is -1.46. The largest absolute Gasteiger partial charge is 0.507 e. The second-order valence-corrected chi connectivity index (χ2v) is 7.69. The van der Waals surface area contributed by atoms with Crippen molar-refractivity contribution in [2.45, 2.75) is 6.04 Å². The lowest BCUT2D eigenvalue weighted by Crippen LogP contribution is -2.35. The summed E-state index contributed by atoms with van der Waals surface area (Å²) in [6.07, 6.45) is 0. The van der Waals surface area contributed by atoms with Crippen LogP contribution in [0.15, 0.2) is 48.0 Å². The fourth-order valence-corrected chi connectivity index (χ4v) is 3.79. The highest BCUT2D eigenvalue weighted by Gasteiger charge is 2.47. The van der Waals surface area contributed by atoms with Crippen LogP contribution in [0.1, 0.15) is 17.2 Å². The Kier molecular flexibility index (Phi) is 6.98. The fraction of sp³-hybridized carbons (Fsp3) is 0.304. The second kappa shape index (κ2) is 9.70. The number of likely N-dealkylation sites (N-methyl/N-ethyl adjacent to an activating group) is 1. The number of methoxy groups -OCH3 is 2. The molecule has 0 radical (unpaired) electrons. The molecule has 0 bridgehead atoms. The van der Waals surface area contributed by atoms with Crippen LogP contribution >= 0.6 is 0 Å². The SMILES string of the molecule is COc1cccc(C2/C(=C(\O)c3cccc([N+](=O)[O-])c3)C(=O)C(=O)N2CCN(C)C)c1OC. The Morgan fingerprint density at radius 2 is 1.85 bits per heavy atom. The minimum atomic E-state index is -0.978. The standard InChI is InChI=1S/C23H25N3O7/c1-24(2)11-12-25-19(16-9-6-10-17(32-3)22(16)33-4)18(21(28)23(25)29)20(27)14-7-5-8-15(13-14)26(30)31/h5-10,13,19,27H,11-12H2,1-4H3/b20-18+. The number of nitro benzene ring substituents is 1. The smallest absolute Gasteiger partial charge is 0.295 e. The number of aliphatic hydroxyl groups excluding tert-OH is 1. The number of rotatable bonds is 8. The van der Waals surface area contributed by atoms with Gasteiger partial charge in [-0.15, -0.1) is 0 Å². The van der Waals surface area contributed by atoms with Gasteiger partial charge in [0.05, 0.1) is 30.8 Å². The lowest BCUT2D eigenvalue weighted by molar-refractivity contribution is -0.384. The molecule has 1 saturated heterocycles. The lowest BCUT2D eigenvalue weighted by atomic mass is 9.94. The Bertz CT molecular complexity index is 1130. The van der Waals surface area contributed by atoms with Gasteiger partial charge in [-0.1, -0.05) is 24.3 Å². The summed E-state index contributed by atoms with van der Waals surface area (Å²) in [5, 5.41) is 22.3. The van der Waals surface area contributed by atoms with Crippen LogP contribution in [-0.4, -0.2) is 72.9 Å². The first-order valence-corrected chi connectivity index (χ1v) is 10.1. The lowest BCUT2D eigenvalue weighted by Gasteiger charge is -2.28. The second-order valence-electron chi connectivity index (χ2n) is 7.69. The van der Waals surface area contributed by atoms with Crippen molar-refractivity contribution in [1.29, 1.82) is 0 Å². The van der Waals surface area contributed by atoms with Crippen molar-refractivity contribution in [3.63, 3.8) is 0 Å². The molecule has 1 aliphatic rings. The number of benzene rings is 2. The monoisotopic (exact) mass is 455 g/mol. The summed E-state index contributed by atoms with van der Waals surface area (Å²) < 4.78 is 10.9. The van der Waals surface area contributed by atoms with Gasteiger partial charge in [-0.2, -0.15) is 0 Å². The van der Waals surface area contributed by atoms with E-state index in [0.717, 1.165) is 6.07 Å². The fourth-order valence-electron chi connectivity index (χ4n) is 3.79. The minimum Gasteiger partial charge on any atom is -0.507 e. The van der Waals surface area contributed by atoms with Crippen LogP contribution in [0.2, 0.25) is 0 Å². The van der Waals surface area contributed by atoms with Crippen molar-refractivity contribution in [3.8, 4) is 11.5 Å². The van der Waals surface area contributed by atoms with Crippen molar-refractivity contribution >= 4 is 23.1 Å². The zero-order valence-electron chi connectivity index (χ0n) is 18.8. The third-order valence-electron chi connectivity index (χ3n) is 5.39. The van der Waals surface area contributed by atoms with E-state index < -0.39 is 28.4 Å². The first-order chi connectivity index (χ1) is 15.7. The molecule has 3 rings (SSSR count). The number of Topliss-reactive ketones (excluding diaryl/α,β-unsaturated/α-hetero) is 1. The molecule has 1 heterocycles. The van der Waals surface area contributed by atoms with E-state index in [1.165, 1.54) is 37.3 Å². The molecule has 174 valence electrons. The Morgan fingerprint density at radius 1 is 1.15 bits per heavy atom. The number of carbonyl (C=O) groups is 2. The number of hydrogen-bond acceptors (Lipinski definition) is 8. The molecule has 2 aromatic carbocycles. The highest BCUT2D eigenvalue weighted by molar-refractivity contribution is 6.46. The molecule has 1 aliphatic heterocycles. The number of para-hydroxylation sites is 1. The highest BCUT2D eigenvalue weighted by atomic mass is 16.6. The number of ether oxygens (including phenoxy) is 2. The van der Waals surface area contributed by atoms with Crippen molar-refractivity contribution < 1.29 is 29.1 Å². The molecule has 1 amide bonds. The molecule has 2 aromatic rings. The van der Waals surface area contributed by atoms with Gasteiger partial charge in [-0.05, 0) is 20.2 Å². The maximum atomic E-state index is 13.1. The van der Waals surface area contributed by atoms with E-state index in [4.69, 9.17) is 9.47 Å². The van der Waals surface area contributed by atoms with Gasteiger partial charge in [0.1, 0.15) is 5.76 Å². The van der Waals surface area contributed by atoms with Gasteiger partial charge in [0.25, 0.3) is 17.4 Å². The van der Waals surface area contributed by atoms with E-state index in [1.54, 1.807) is 18.2 Å². The Labute approximate surface area is 190 Å². The van der Waals surface area contributed by atoms with E-state index in [2.05, 4.69) is 0 Å². The van der Waals surface area contributed by atoms with Gasteiger partial charge >= 0.3 is 0 Å². The maximum Gasteiger partial charge on any atom is 0.295 e. The third kappa shape index (κ3) is 4.51. The zero-order valence-corrected chi connectivity index (χ0v) is 18.8. The summed E-state index contributed by atoms with van der Waals surface area (Å²) >= 11 is 0. The van der Waals surface area contributed by atoms with Crippen molar-refractivity contribution in [2.24, 2.45) is 0 Å². The summed E-state index contributed by atoms with van der Waals surface area (Å²) in [5.41, 5.74) is 0.0747. The number of carbonyl (C=O) groups excluding carboxylic acids is 2. The number of non-ortho nitro benzene ring substituents is 1. The third-order valence-corrected chi connectivity index (χ3v) is 5.39. The van der Waals surface area contributed by atoms with E-state index in [1.807, 2.05) is 19.0 Å². The number of likely N-dealkylation sites (tertiary alicyclic amines) is 1. The van der Waals surface area contributed by atoms with Gasteiger partial charge in [0.15, 0.2) is 11.5 Å². The average Bonchev–Trinajstić information content (AvgIpc) is 3.06. The van der Waals surface area contributed by atoms with Crippen molar-refractivity contribution in [3.05, 3.63) is 69.3 Å². The average molecular weight is 455 g/mol. The van der Waals surface area contributed by atoms with Gasteiger partial charge in [-0.25, -0.2) is 0 Å². The molecule has 10 nitrogen and oxygen atoms in total. The van der Waals surface area contributed by atoms with Gasteiger partial charge in [0, 0.05) is 36.3 Å². The molecule has 0 aromatic heterocycles. The topological polar surface area (TPSA) is 122 Å². The van der Waals surface area contributed by atoms with Crippen LogP contribution < -0.4 is 9.47 Å². The molecule has 10 heteroatoms. The highest BCUT2D eigenvalue weighted by Crippen LogP contribution is 2.45. The van der Waals surface area contributed by atoms with Crippen LogP contribution in [0.25, 0.3) is 5.76 Å². The van der Waals surface area contributed by atoms with Crippen LogP contribution in [0, 0.1) is 10.1 Å². The summed E-state index contributed by atoms with van der Waals surface area (Å²) in [6, 6.07) is 9.34. The summed E-state index contributed by atoms with van der Waals surface area (Å²) in [6.45, 7) is 0.668. The van der Waals surface area contributed by atoms with E-state index in [9.17, 15) is 24.8 Å². The first-order valence-electron chi connectivity index (χ1n) is 10.1. The van der Waals surface area contributed by atoms with Crippen LogP contribution in [-0.2, 0) is 9.59 Å². The van der Waals surface area contributed by atoms with Crippen molar-refractivity contribution in [1.82, 2.24) is 9.80 Å². The van der Waals surface area contributed by atoms with Crippen LogP contribution in [0.3, 0.4) is 0 Å². The van der Waals surface area contributed by atoms with Crippen LogP contribution in [0.4, 0.5) is 5.69 Å². The number of ketones is 1. The Morgan fingerprint density at radius 3 is 2.45 bits per heavy atom. The number of nitro groups is 1. The van der Waals surface area contributed by atoms with Crippen molar-refractivity contribution in [2.75, 3.05) is 41.4 Å². The molecule has 0 aliphatic carbocycles. The predicted octanol–water partition coefficient (Wildman–Crippen LogP) is 2.60. The summed E-state index contributed by atoms with van der Waals surface area (Å²) in [7, 11) is 6.57. The molecule has 1 atom stereocenters. The maximum absolute atomic E-state index is 13.1. The Balaban J connectivity index is 2.26. The molecular formula is C23H25N3O7. The van der Waals surface area contributed by atoms with E-state index in [0.29, 0.717) is 23.6 Å². The van der Waals surface area contributed by atoms with Gasteiger partial charge in [-0.3, -0.25) is 19.7 Å². The molecule has 1 unspecified atom stereocenters.